The number of aromatic carboxylic acids is 1. The van der Waals surface area contributed by atoms with Gasteiger partial charge in [-0.1, -0.05) is 25.2 Å². The van der Waals surface area contributed by atoms with E-state index in [0.717, 1.165) is 36.8 Å². The molecule has 1 atom stereocenters. The van der Waals surface area contributed by atoms with Crippen LogP contribution in [0.4, 0.5) is 5.13 Å². The van der Waals surface area contributed by atoms with Crippen molar-refractivity contribution in [1.29, 1.82) is 0 Å². The van der Waals surface area contributed by atoms with Crippen molar-refractivity contribution in [1.82, 2.24) is 4.98 Å². The van der Waals surface area contributed by atoms with Gasteiger partial charge in [-0.3, -0.25) is 0 Å². The van der Waals surface area contributed by atoms with Gasteiger partial charge in [0.2, 0.25) is 0 Å². The van der Waals surface area contributed by atoms with Crippen LogP contribution in [0.1, 0.15) is 54.4 Å². The van der Waals surface area contributed by atoms with E-state index in [2.05, 4.69) is 23.7 Å². The molecule has 0 bridgehead atoms. The smallest absolute Gasteiger partial charge is 0.347 e. The van der Waals surface area contributed by atoms with Crippen molar-refractivity contribution in [2.45, 2.75) is 39.0 Å². The van der Waals surface area contributed by atoms with Crippen LogP contribution in [0.25, 0.3) is 0 Å². The first-order valence-corrected chi connectivity index (χ1v) is 7.87. The third-order valence-electron chi connectivity index (χ3n) is 4.24. The Morgan fingerprint density at radius 1 is 1.42 bits per heavy atom. The molecule has 4 nitrogen and oxygen atoms in total. The Balaban J connectivity index is 1.82. The average Bonchev–Trinajstić information content (AvgIpc) is 2.93. The maximum absolute atomic E-state index is 11.3. The molecule has 2 aliphatic rings. The van der Waals surface area contributed by atoms with Crippen LogP contribution in [0.5, 0.6) is 0 Å². The molecule has 1 aromatic heterocycles. The lowest BCUT2D eigenvalue weighted by atomic mass is 9.95. The largest absolute Gasteiger partial charge is 0.477 e. The van der Waals surface area contributed by atoms with E-state index in [-0.39, 0.29) is 0 Å². The Hall–Kier alpha value is -1.10. The quantitative estimate of drug-likeness (QED) is 0.920. The van der Waals surface area contributed by atoms with Crippen molar-refractivity contribution in [3.8, 4) is 0 Å². The van der Waals surface area contributed by atoms with Gasteiger partial charge in [0.05, 0.1) is 5.69 Å². The molecule has 1 aliphatic heterocycles. The minimum atomic E-state index is -0.815. The molecule has 0 radical (unpaired) electrons. The molecule has 104 valence electrons. The van der Waals surface area contributed by atoms with E-state index in [4.69, 9.17) is 0 Å². The first kappa shape index (κ1) is 12.9. The van der Waals surface area contributed by atoms with Crippen LogP contribution in [0.15, 0.2) is 0 Å². The van der Waals surface area contributed by atoms with E-state index in [1.54, 1.807) is 0 Å². The van der Waals surface area contributed by atoms with Gasteiger partial charge in [-0.05, 0) is 31.1 Å². The first-order valence-electron chi connectivity index (χ1n) is 7.05. The normalized spacial score (nSPS) is 23.3. The Labute approximate surface area is 117 Å². The van der Waals surface area contributed by atoms with E-state index >= 15 is 0 Å². The van der Waals surface area contributed by atoms with Gasteiger partial charge in [-0.15, -0.1) is 0 Å². The number of hydrogen-bond donors (Lipinski definition) is 1. The summed E-state index contributed by atoms with van der Waals surface area (Å²) in [5.41, 5.74) is 0.834. The topological polar surface area (TPSA) is 53.4 Å². The van der Waals surface area contributed by atoms with Crippen molar-refractivity contribution in [2.75, 3.05) is 18.0 Å². The van der Waals surface area contributed by atoms with Crippen LogP contribution in [0.3, 0.4) is 0 Å². The molecule has 0 spiro atoms. The lowest BCUT2D eigenvalue weighted by Gasteiger charge is -2.16. The zero-order valence-corrected chi connectivity index (χ0v) is 12.2. The number of carboxylic acids is 1. The molecule has 0 aromatic carbocycles. The Kier molecular flexibility index (Phi) is 3.25. The number of rotatable bonds is 4. The fraction of sp³-hybridized carbons (Fsp3) is 0.714. The number of carbonyl (C=O) groups is 1. The number of thiazole rings is 1. The van der Waals surface area contributed by atoms with Gasteiger partial charge in [0.25, 0.3) is 0 Å². The van der Waals surface area contributed by atoms with E-state index in [9.17, 15) is 9.90 Å². The molecule has 1 aliphatic carbocycles. The Morgan fingerprint density at radius 3 is 2.68 bits per heavy atom. The molecule has 5 heteroatoms. The van der Waals surface area contributed by atoms with Gasteiger partial charge in [0, 0.05) is 19.0 Å². The van der Waals surface area contributed by atoms with E-state index in [0.29, 0.717) is 22.6 Å². The SMILES string of the molecule is CC(C)C1CCN(c2nc(C3CC3)c(C(=O)O)s2)C1. The van der Waals surface area contributed by atoms with Crippen molar-refractivity contribution >= 4 is 22.4 Å². The third-order valence-corrected chi connectivity index (χ3v) is 5.36. The third kappa shape index (κ3) is 2.48. The summed E-state index contributed by atoms with van der Waals surface area (Å²) in [5, 5.41) is 10.2. The maximum Gasteiger partial charge on any atom is 0.347 e. The Morgan fingerprint density at radius 2 is 2.16 bits per heavy atom. The fourth-order valence-corrected chi connectivity index (χ4v) is 3.77. The molecule has 1 saturated carbocycles. The van der Waals surface area contributed by atoms with Gasteiger partial charge in [-0.2, -0.15) is 0 Å². The number of anilines is 1. The zero-order valence-electron chi connectivity index (χ0n) is 11.4. The highest BCUT2D eigenvalue weighted by Crippen LogP contribution is 2.44. The maximum atomic E-state index is 11.3. The number of carboxylic acid groups (broad SMARTS) is 1. The highest BCUT2D eigenvalue weighted by Gasteiger charge is 2.34. The highest BCUT2D eigenvalue weighted by atomic mass is 32.1. The molecular weight excluding hydrogens is 260 g/mol. The highest BCUT2D eigenvalue weighted by molar-refractivity contribution is 7.17. The van der Waals surface area contributed by atoms with Crippen LogP contribution in [0, 0.1) is 11.8 Å². The van der Waals surface area contributed by atoms with Crippen LogP contribution in [0.2, 0.25) is 0 Å². The molecule has 19 heavy (non-hydrogen) atoms. The minimum absolute atomic E-state index is 0.402. The molecular formula is C14H20N2O2S. The second-order valence-electron chi connectivity index (χ2n) is 6.03. The summed E-state index contributed by atoms with van der Waals surface area (Å²) in [5.74, 6) is 0.984. The molecule has 1 saturated heterocycles. The summed E-state index contributed by atoms with van der Waals surface area (Å²) >= 11 is 1.36. The molecule has 2 fully saturated rings. The van der Waals surface area contributed by atoms with Crippen LogP contribution >= 0.6 is 11.3 Å². The summed E-state index contributed by atoms with van der Waals surface area (Å²) in [6.07, 6.45) is 3.38. The van der Waals surface area contributed by atoms with Crippen molar-refractivity contribution < 1.29 is 9.90 Å². The summed E-state index contributed by atoms with van der Waals surface area (Å²) < 4.78 is 0. The second-order valence-corrected chi connectivity index (χ2v) is 7.01. The molecule has 3 rings (SSSR count). The summed E-state index contributed by atoms with van der Waals surface area (Å²) in [6.45, 7) is 6.55. The van der Waals surface area contributed by atoms with Gasteiger partial charge in [0.15, 0.2) is 5.13 Å². The van der Waals surface area contributed by atoms with Gasteiger partial charge in [0.1, 0.15) is 4.88 Å². The average molecular weight is 280 g/mol. The van der Waals surface area contributed by atoms with Gasteiger partial charge >= 0.3 is 5.97 Å². The van der Waals surface area contributed by atoms with E-state index < -0.39 is 5.97 Å². The molecule has 1 unspecified atom stereocenters. The predicted molar refractivity (Wildman–Crippen MR) is 76.2 cm³/mol. The zero-order chi connectivity index (χ0) is 13.6. The van der Waals surface area contributed by atoms with Crippen LogP contribution in [-0.2, 0) is 0 Å². The van der Waals surface area contributed by atoms with Gasteiger partial charge < -0.3 is 10.0 Å². The van der Waals surface area contributed by atoms with E-state index in [1.807, 2.05) is 0 Å². The second kappa shape index (κ2) is 4.78. The predicted octanol–water partition coefficient (Wildman–Crippen LogP) is 3.20. The lowest BCUT2D eigenvalue weighted by molar-refractivity contribution is 0.0700. The molecule has 1 N–H and O–H groups in total. The Bertz CT molecular complexity index is 494. The summed E-state index contributed by atoms with van der Waals surface area (Å²) in [6, 6.07) is 0. The van der Waals surface area contributed by atoms with E-state index in [1.165, 1.54) is 17.8 Å². The van der Waals surface area contributed by atoms with Crippen LogP contribution < -0.4 is 4.90 Å². The van der Waals surface area contributed by atoms with Crippen LogP contribution in [-0.4, -0.2) is 29.1 Å². The molecule has 1 aromatic rings. The van der Waals surface area contributed by atoms with Crippen molar-refractivity contribution in [3.63, 3.8) is 0 Å². The monoisotopic (exact) mass is 280 g/mol. The number of nitrogens with zero attached hydrogens (tertiary/aromatic N) is 2. The van der Waals surface area contributed by atoms with Crippen molar-refractivity contribution in [2.24, 2.45) is 11.8 Å². The summed E-state index contributed by atoms with van der Waals surface area (Å²) in [4.78, 5) is 18.7. The standard InChI is InChI=1S/C14H20N2O2S/c1-8(2)10-5-6-16(7-10)14-15-11(9-3-4-9)12(19-14)13(17)18/h8-10H,3-7H2,1-2H3,(H,17,18). The molecule has 0 amide bonds. The minimum Gasteiger partial charge on any atom is -0.477 e. The fourth-order valence-electron chi connectivity index (χ4n) is 2.75. The van der Waals surface area contributed by atoms with Crippen molar-refractivity contribution in [3.05, 3.63) is 10.6 Å². The number of aromatic nitrogens is 1. The first-order chi connectivity index (χ1) is 9.06. The number of hydrogen-bond acceptors (Lipinski definition) is 4. The van der Waals surface area contributed by atoms with Gasteiger partial charge in [-0.25, -0.2) is 9.78 Å². The summed E-state index contributed by atoms with van der Waals surface area (Å²) in [7, 11) is 0. The lowest BCUT2D eigenvalue weighted by Crippen LogP contribution is -2.20. The molecule has 2 heterocycles.